The minimum atomic E-state index is 0.475. The van der Waals surface area contributed by atoms with Crippen molar-refractivity contribution in [1.29, 1.82) is 0 Å². The van der Waals surface area contributed by atoms with E-state index in [1.807, 2.05) is 0 Å². The lowest BCUT2D eigenvalue weighted by molar-refractivity contribution is 0.492. The molecule has 0 aliphatic heterocycles. The van der Waals surface area contributed by atoms with Gasteiger partial charge in [0.05, 0.1) is 0 Å². The fourth-order valence-electron chi connectivity index (χ4n) is 1.89. The monoisotopic (exact) mass is 189 g/mol. The van der Waals surface area contributed by atoms with E-state index >= 15 is 0 Å². The van der Waals surface area contributed by atoms with Crippen molar-refractivity contribution in [2.45, 2.75) is 39.3 Å². The lowest BCUT2D eigenvalue weighted by Crippen LogP contribution is -2.24. The second-order valence-electron chi connectivity index (χ2n) is 5.04. The van der Waals surface area contributed by atoms with Crippen LogP contribution >= 0.6 is 0 Å². The summed E-state index contributed by atoms with van der Waals surface area (Å²) in [5.41, 5.74) is 1.90. The molecule has 2 atom stereocenters. The summed E-state index contributed by atoms with van der Waals surface area (Å²) in [6.07, 6.45) is 1.31. The maximum atomic E-state index is 3.66. The molecular weight excluding hydrogens is 170 g/mol. The molecule has 76 valence electrons. The zero-order chi connectivity index (χ0) is 10.2. The van der Waals surface area contributed by atoms with Gasteiger partial charge in [0.2, 0.25) is 0 Å². The third kappa shape index (κ3) is 1.98. The highest BCUT2D eigenvalue weighted by Gasteiger charge is 2.45. The lowest BCUT2D eigenvalue weighted by Gasteiger charge is -2.15. The van der Waals surface area contributed by atoms with Gasteiger partial charge in [-0.3, -0.25) is 0 Å². The van der Waals surface area contributed by atoms with E-state index in [0.29, 0.717) is 17.5 Å². The number of benzene rings is 1. The summed E-state index contributed by atoms with van der Waals surface area (Å²) in [5.74, 6) is 0. The van der Waals surface area contributed by atoms with Gasteiger partial charge in [-0.1, -0.05) is 44.2 Å². The molecular formula is C13H19N. The Bertz CT molecular complexity index is 302. The van der Waals surface area contributed by atoms with Gasteiger partial charge >= 0.3 is 0 Å². The minimum absolute atomic E-state index is 0.475. The zero-order valence-electron chi connectivity index (χ0n) is 9.25. The normalized spacial score (nSPS) is 25.8. The van der Waals surface area contributed by atoms with Crippen molar-refractivity contribution in [3.05, 3.63) is 35.9 Å². The Hall–Kier alpha value is -0.820. The third-order valence-corrected chi connectivity index (χ3v) is 3.26. The van der Waals surface area contributed by atoms with Crippen molar-refractivity contribution in [3.63, 3.8) is 0 Å². The van der Waals surface area contributed by atoms with Crippen LogP contribution < -0.4 is 5.32 Å². The van der Waals surface area contributed by atoms with Crippen molar-refractivity contribution >= 4 is 0 Å². The number of hydrogen-bond donors (Lipinski definition) is 1. The maximum absolute atomic E-state index is 3.66. The molecule has 0 spiro atoms. The van der Waals surface area contributed by atoms with Crippen molar-refractivity contribution in [3.8, 4) is 0 Å². The molecule has 1 aromatic rings. The summed E-state index contributed by atoms with van der Waals surface area (Å²) in [7, 11) is 0. The van der Waals surface area contributed by atoms with Crippen LogP contribution in [0.4, 0.5) is 0 Å². The molecule has 1 saturated carbocycles. The Balaban J connectivity index is 1.94. The molecule has 0 heterocycles. The summed E-state index contributed by atoms with van der Waals surface area (Å²) >= 11 is 0. The number of rotatable bonds is 3. The standard InChI is InChI=1S/C13H19N/c1-10(11-7-5-4-6-8-11)14-12-9-13(12,2)3/h4-8,10,12,14H,9H2,1-3H3. The second-order valence-corrected chi connectivity index (χ2v) is 5.04. The van der Waals surface area contributed by atoms with Gasteiger partial charge in [0.25, 0.3) is 0 Å². The van der Waals surface area contributed by atoms with E-state index < -0.39 is 0 Å². The highest BCUT2D eigenvalue weighted by Crippen LogP contribution is 2.45. The van der Waals surface area contributed by atoms with Crippen LogP contribution in [0.25, 0.3) is 0 Å². The van der Waals surface area contributed by atoms with E-state index in [9.17, 15) is 0 Å². The van der Waals surface area contributed by atoms with Gasteiger partial charge in [0.1, 0.15) is 0 Å². The summed E-state index contributed by atoms with van der Waals surface area (Å²) in [6, 6.07) is 11.8. The molecule has 0 radical (unpaired) electrons. The number of nitrogens with one attached hydrogen (secondary N) is 1. The van der Waals surface area contributed by atoms with E-state index in [-0.39, 0.29) is 0 Å². The average Bonchev–Trinajstić information content (AvgIpc) is 2.75. The van der Waals surface area contributed by atoms with E-state index in [4.69, 9.17) is 0 Å². The van der Waals surface area contributed by atoms with Gasteiger partial charge in [0.15, 0.2) is 0 Å². The molecule has 1 aromatic carbocycles. The molecule has 2 unspecified atom stereocenters. The summed E-state index contributed by atoms with van der Waals surface area (Å²) in [4.78, 5) is 0. The van der Waals surface area contributed by atoms with Crippen LogP contribution in [0, 0.1) is 5.41 Å². The van der Waals surface area contributed by atoms with Crippen LogP contribution in [-0.4, -0.2) is 6.04 Å². The molecule has 2 rings (SSSR count). The molecule has 0 amide bonds. The molecule has 1 nitrogen and oxygen atoms in total. The van der Waals surface area contributed by atoms with Gasteiger partial charge in [-0.2, -0.15) is 0 Å². The van der Waals surface area contributed by atoms with Gasteiger partial charge < -0.3 is 5.32 Å². The molecule has 1 heteroatoms. The van der Waals surface area contributed by atoms with Crippen LogP contribution in [0.1, 0.15) is 38.8 Å². The first-order chi connectivity index (χ1) is 6.59. The lowest BCUT2D eigenvalue weighted by atomic mass is 10.1. The highest BCUT2D eigenvalue weighted by atomic mass is 15.0. The van der Waals surface area contributed by atoms with Crippen LogP contribution in [0.15, 0.2) is 30.3 Å². The van der Waals surface area contributed by atoms with Gasteiger partial charge in [-0.05, 0) is 24.3 Å². The minimum Gasteiger partial charge on any atom is -0.307 e. The molecule has 14 heavy (non-hydrogen) atoms. The van der Waals surface area contributed by atoms with Crippen LogP contribution in [0.5, 0.6) is 0 Å². The predicted molar refractivity (Wildman–Crippen MR) is 60.2 cm³/mol. The first-order valence-electron chi connectivity index (χ1n) is 5.40. The molecule has 0 bridgehead atoms. The average molecular weight is 189 g/mol. The molecule has 1 N–H and O–H groups in total. The molecule has 1 aliphatic carbocycles. The fraction of sp³-hybridized carbons (Fsp3) is 0.538. The van der Waals surface area contributed by atoms with Crippen molar-refractivity contribution in [1.82, 2.24) is 5.32 Å². The molecule has 0 saturated heterocycles. The van der Waals surface area contributed by atoms with Crippen LogP contribution in [0.3, 0.4) is 0 Å². The Morgan fingerprint density at radius 3 is 2.36 bits per heavy atom. The van der Waals surface area contributed by atoms with Gasteiger partial charge in [-0.25, -0.2) is 0 Å². The Labute approximate surface area is 86.5 Å². The summed E-state index contributed by atoms with van der Waals surface area (Å²) in [6.45, 7) is 6.88. The predicted octanol–water partition coefficient (Wildman–Crippen LogP) is 3.14. The number of hydrogen-bond acceptors (Lipinski definition) is 1. The Morgan fingerprint density at radius 2 is 1.86 bits per heavy atom. The quantitative estimate of drug-likeness (QED) is 0.770. The first kappa shape index (κ1) is 9.72. The Morgan fingerprint density at radius 1 is 1.29 bits per heavy atom. The Kier molecular flexibility index (Phi) is 2.36. The topological polar surface area (TPSA) is 12.0 Å². The van der Waals surface area contributed by atoms with Gasteiger partial charge in [0, 0.05) is 12.1 Å². The van der Waals surface area contributed by atoms with Crippen molar-refractivity contribution < 1.29 is 0 Å². The SMILES string of the molecule is CC(NC1CC1(C)C)c1ccccc1. The first-order valence-corrected chi connectivity index (χ1v) is 5.40. The van der Waals surface area contributed by atoms with Crippen LogP contribution in [0.2, 0.25) is 0 Å². The smallest absolute Gasteiger partial charge is 0.0294 e. The second kappa shape index (κ2) is 3.39. The zero-order valence-corrected chi connectivity index (χ0v) is 9.25. The third-order valence-electron chi connectivity index (χ3n) is 3.26. The molecule has 0 aromatic heterocycles. The van der Waals surface area contributed by atoms with E-state index in [1.54, 1.807) is 0 Å². The molecule has 1 aliphatic rings. The van der Waals surface area contributed by atoms with E-state index in [0.717, 1.165) is 0 Å². The fourth-order valence-corrected chi connectivity index (χ4v) is 1.89. The van der Waals surface area contributed by atoms with Crippen molar-refractivity contribution in [2.75, 3.05) is 0 Å². The highest BCUT2D eigenvalue weighted by molar-refractivity contribution is 5.19. The van der Waals surface area contributed by atoms with Gasteiger partial charge in [-0.15, -0.1) is 0 Å². The largest absolute Gasteiger partial charge is 0.307 e. The van der Waals surface area contributed by atoms with E-state index in [1.165, 1.54) is 12.0 Å². The maximum Gasteiger partial charge on any atom is 0.0294 e. The summed E-state index contributed by atoms with van der Waals surface area (Å²) in [5, 5.41) is 3.66. The molecule has 1 fully saturated rings. The van der Waals surface area contributed by atoms with Crippen molar-refractivity contribution in [2.24, 2.45) is 5.41 Å². The summed E-state index contributed by atoms with van der Waals surface area (Å²) < 4.78 is 0. The van der Waals surface area contributed by atoms with Crippen LogP contribution in [-0.2, 0) is 0 Å². The van der Waals surface area contributed by atoms with E-state index in [2.05, 4.69) is 56.4 Å².